The summed E-state index contributed by atoms with van der Waals surface area (Å²) < 4.78 is 55.9. The van der Waals surface area contributed by atoms with Crippen LogP contribution in [0.5, 0.6) is 5.75 Å². The molecule has 1 aromatic carbocycles. The van der Waals surface area contributed by atoms with Crippen LogP contribution in [-0.4, -0.2) is 123 Å². The van der Waals surface area contributed by atoms with E-state index in [0.717, 1.165) is 0 Å². The lowest BCUT2D eigenvalue weighted by Gasteiger charge is -2.44. The molecule has 3 aliphatic rings. The van der Waals surface area contributed by atoms with E-state index >= 15 is 0 Å². The Hall–Kier alpha value is -2.90. The minimum absolute atomic E-state index is 0.0477. The Kier molecular flexibility index (Phi) is 10.3. The van der Waals surface area contributed by atoms with E-state index in [1.54, 1.807) is 29.2 Å². The first-order chi connectivity index (χ1) is 19.1. The number of rotatable bonds is 4. The van der Waals surface area contributed by atoms with Crippen LogP contribution in [0.3, 0.4) is 0 Å². The normalized spacial score (nSPS) is 23.7. The summed E-state index contributed by atoms with van der Waals surface area (Å²) in [4.78, 5) is 44.3. The summed E-state index contributed by atoms with van der Waals surface area (Å²) >= 11 is 0. The lowest BCUT2D eigenvalue weighted by molar-refractivity contribution is -0.156. The number of morpholine rings is 2. The number of ether oxygens (including phenoxy) is 3. The number of halogens is 3. The molecule has 1 atom stereocenters. The van der Waals surface area contributed by atoms with Crippen molar-refractivity contribution in [3.63, 3.8) is 0 Å². The van der Waals surface area contributed by atoms with E-state index in [1.807, 2.05) is 4.90 Å². The molecule has 3 aliphatic heterocycles. The fourth-order valence-electron chi connectivity index (χ4n) is 5.12. The van der Waals surface area contributed by atoms with Crippen LogP contribution < -0.4 is 10.1 Å². The van der Waals surface area contributed by atoms with Gasteiger partial charge in [0.05, 0.1) is 51.5 Å². The van der Waals surface area contributed by atoms with Gasteiger partial charge in [-0.15, -0.1) is 0 Å². The Morgan fingerprint density at radius 3 is 2.50 bits per heavy atom. The molecule has 4 rings (SSSR count). The molecule has 2 saturated heterocycles. The molecule has 3 heterocycles. The Bertz CT molecular complexity index is 1040. The maximum atomic E-state index is 13.2. The second-order valence-electron chi connectivity index (χ2n) is 10.4. The number of hydrogen-bond acceptors (Lipinski definition) is 7. The number of para-hydroxylation sites is 1. The van der Waals surface area contributed by atoms with Crippen molar-refractivity contribution in [2.45, 2.75) is 37.5 Å². The lowest BCUT2D eigenvalue weighted by Crippen LogP contribution is -2.60. The molecule has 3 amide bonds. The van der Waals surface area contributed by atoms with Gasteiger partial charge in [-0.3, -0.25) is 19.3 Å². The van der Waals surface area contributed by atoms with Crippen molar-refractivity contribution in [1.82, 2.24) is 20.0 Å². The Labute approximate surface area is 231 Å². The summed E-state index contributed by atoms with van der Waals surface area (Å²) in [5, 5.41) is 2.91. The van der Waals surface area contributed by atoms with E-state index in [9.17, 15) is 27.6 Å². The van der Waals surface area contributed by atoms with Crippen LogP contribution >= 0.6 is 0 Å². The second-order valence-corrected chi connectivity index (χ2v) is 10.4. The highest BCUT2D eigenvalue weighted by atomic mass is 19.4. The number of nitrogens with zero attached hydrogens (tertiary/aromatic N) is 3. The van der Waals surface area contributed by atoms with Crippen molar-refractivity contribution < 1.29 is 41.8 Å². The molecule has 0 aromatic heterocycles. The van der Waals surface area contributed by atoms with Gasteiger partial charge in [0.2, 0.25) is 11.8 Å². The number of hydrogen-bond donors (Lipinski definition) is 1. The largest absolute Gasteiger partial charge is 0.493 e. The van der Waals surface area contributed by atoms with E-state index < -0.39 is 30.5 Å². The number of nitrogens with one attached hydrogen (secondary N) is 1. The molecule has 1 aromatic rings. The Morgan fingerprint density at radius 1 is 0.950 bits per heavy atom. The molecule has 0 aliphatic carbocycles. The van der Waals surface area contributed by atoms with Crippen LogP contribution in [0.2, 0.25) is 0 Å². The zero-order chi connectivity index (χ0) is 28.6. The van der Waals surface area contributed by atoms with Crippen molar-refractivity contribution in [3.8, 4) is 5.75 Å². The first-order valence-corrected chi connectivity index (χ1v) is 13.7. The summed E-state index contributed by atoms with van der Waals surface area (Å²) in [6.07, 6.45) is -5.69. The summed E-state index contributed by atoms with van der Waals surface area (Å²) in [5.74, 6) is -0.679. The summed E-state index contributed by atoms with van der Waals surface area (Å²) in [5.41, 5.74) is -0.688. The predicted molar refractivity (Wildman–Crippen MR) is 138 cm³/mol. The van der Waals surface area contributed by atoms with Crippen molar-refractivity contribution in [2.75, 3.05) is 78.8 Å². The SMILES string of the molecule is O=C1NCC2(CCN(C(=O)CCC(F)(F)F)CCCOc3ccccc31)CN(C(=O)CN1CCOCC1)CCO2. The molecule has 1 unspecified atom stereocenters. The van der Waals surface area contributed by atoms with E-state index in [0.29, 0.717) is 50.6 Å². The number of alkyl halides is 3. The van der Waals surface area contributed by atoms with Crippen LogP contribution in [0.25, 0.3) is 0 Å². The number of carbonyl (C=O) groups excluding carboxylic acids is 3. The average Bonchev–Trinajstić information content (AvgIpc) is 2.95. The van der Waals surface area contributed by atoms with Gasteiger partial charge < -0.3 is 29.3 Å². The van der Waals surface area contributed by atoms with E-state index in [1.165, 1.54) is 4.90 Å². The molecule has 2 fully saturated rings. The first-order valence-electron chi connectivity index (χ1n) is 13.7. The molecular formula is C27H37F3N4O6. The molecule has 13 heteroatoms. The monoisotopic (exact) mass is 570 g/mol. The summed E-state index contributed by atoms with van der Waals surface area (Å²) in [6.45, 7) is 4.01. The number of benzene rings is 1. The van der Waals surface area contributed by atoms with E-state index in [-0.39, 0.29) is 64.2 Å². The number of fused-ring (bicyclic) bond motifs is 1. The third-order valence-electron chi connectivity index (χ3n) is 7.41. The van der Waals surface area contributed by atoms with Crippen LogP contribution in [0.1, 0.15) is 36.0 Å². The highest BCUT2D eigenvalue weighted by Gasteiger charge is 2.40. The number of amides is 3. The van der Waals surface area contributed by atoms with Crippen molar-refractivity contribution >= 4 is 17.7 Å². The summed E-state index contributed by atoms with van der Waals surface area (Å²) in [7, 11) is 0. The van der Waals surface area contributed by atoms with Gasteiger partial charge in [0.25, 0.3) is 5.91 Å². The van der Waals surface area contributed by atoms with Gasteiger partial charge in [0.15, 0.2) is 0 Å². The van der Waals surface area contributed by atoms with Crippen molar-refractivity contribution in [3.05, 3.63) is 29.8 Å². The maximum Gasteiger partial charge on any atom is 0.389 e. The van der Waals surface area contributed by atoms with Crippen molar-refractivity contribution in [1.29, 1.82) is 0 Å². The van der Waals surface area contributed by atoms with Crippen LogP contribution in [-0.2, 0) is 19.1 Å². The molecule has 1 spiro atoms. The van der Waals surface area contributed by atoms with Crippen molar-refractivity contribution in [2.24, 2.45) is 0 Å². The molecule has 0 saturated carbocycles. The fraction of sp³-hybridized carbons (Fsp3) is 0.667. The topological polar surface area (TPSA) is 101 Å². The molecule has 0 bridgehead atoms. The van der Waals surface area contributed by atoms with Crippen LogP contribution in [0.15, 0.2) is 24.3 Å². The quantitative estimate of drug-likeness (QED) is 0.588. The second kappa shape index (κ2) is 13.6. The highest BCUT2D eigenvalue weighted by Crippen LogP contribution is 2.26. The lowest BCUT2D eigenvalue weighted by atomic mass is 9.95. The minimum Gasteiger partial charge on any atom is -0.493 e. The van der Waals surface area contributed by atoms with Gasteiger partial charge in [0, 0.05) is 45.7 Å². The Morgan fingerprint density at radius 2 is 1.73 bits per heavy atom. The maximum absolute atomic E-state index is 13.2. The van der Waals surface area contributed by atoms with Gasteiger partial charge in [-0.1, -0.05) is 12.1 Å². The zero-order valence-electron chi connectivity index (χ0n) is 22.5. The third kappa shape index (κ3) is 8.55. The molecule has 222 valence electrons. The minimum atomic E-state index is -4.44. The summed E-state index contributed by atoms with van der Waals surface area (Å²) in [6, 6.07) is 6.77. The molecular weight excluding hydrogens is 533 g/mol. The van der Waals surface area contributed by atoms with Gasteiger partial charge in [-0.05, 0) is 25.0 Å². The average molecular weight is 571 g/mol. The van der Waals surface area contributed by atoms with Gasteiger partial charge in [-0.25, -0.2) is 0 Å². The number of carbonyl (C=O) groups is 3. The first kappa shape index (κ1) is 30.1. The highest BCUT2D eigenvalue weighted by molar-refractivity contribution is 5.97. The Balaban J connectivity index is 1.53. The molecule has 10 nitrogen and oxygen atoms in total. The van der Waals surface area contributed by atoms with Gasteiger partial charge >= 0.3 is 6.18 Å². The van der Waals surface area contributed by atoms with Gasteiger partial charge in [-0.2, -0.15) is 13.2 Å². The molecule has 40 heavy (non-hydrogen) atoms. The molecule has 0 radical (unpaired) electrons. The van der Waals surface area contributed by atoms with Crippen LogP contribution in [0.4, 0.5) is 13.2 Å². The standard InChI is InChI=1S/C27H37F3N4O6/c28-27(29,30)7-6-23(35)33-9-3-14-39-22-5-2-1-4-21(22)25(37)31-19-26(8-10-33)20-34(13-17-40-26)24(36)18-32-11-15-38-16-12-32/h1-2,4-5H,3,6-20H2,(H,31,37). The van der Waals surface area contributed by atoms with Crippen LogP contribution in [0, 0.1) is 0 Å². The zero-order valence-corrected chi connectivity index (χ0v) is 22.5. The van der Waals surface area contributed by atoms with E-state index in [4.69, 9.17) is 14.2 Å². The fourth-order valence-corrected chi connectivity index (χ4v) is 5.12. The third-order valence-corrected chi connectivity index (χ3v) is 7.41. The molecule has 1 N–H and O–H groups in total. The van der Waals surface area contributed by atoms with Gasteiger partial charge in [0.1, 0.15) is 11.4 Å². The predicted octanol–water partition coefficient (Wildman–Crippen LogP) is 1.69. The van der Waals surface area contributed by atoms with E-state index in [2.05, 4.69) is 5.32 Å². The smallest absolute Gasteiger partial charge is 0.389 e.